The molecule has 0 fully saturated rings. The first kappa shape index (κ1) is 14.5. The van der Waals surface area contributed by atoms with E-state index in [2.05, 4.69) is 10.6 Å². The van der Waals surface area contributed by atoms with Gasteiger partial charge in [-0.05, 0) is 25.5 Å². The number of amides is 2. The van der Waals surface area contributed by atoms with Gasteiger partial charge in [0, 0.05) is 6.54 Å². The van der Waals surface area contributed by atoms with E-state index in [1.54, 1.807) is 31.2 Å². The molecule has 0 radical (unpaired) electrons. The number of carbonyl (C=O) groups is 2. The van der Waals surface area contributed by atoms with Crippen LogP contribution in [0.1, 0.15) is 30.6 Å². The van der Waals surface area contributed by atoms with E-state index in [9.17, 15) is 9.59 Å². The van der Waals surface area contributed by atoms with Crippen LogP contribution in [0.25, 0.3) is 0 Å². The minimum atomic E-state index is -0.642. The van der Waals surface area contributed by atoms with Gasteiger partial charge in [0.15, 0.2) is 0 Å². The predicted molar refractivity (Wildman–Crippen MR) is 73.0 cm³/mol. The van der Waals surface area contributed by atoms with Gasteiger partial charge in [0.2, 0.25) is 5.91 Å². The zero-order chi connectivity index (χ0) is 13.5. The normalized spacial score (nSPS) is 11.7. The first-order valence-electron chi connectivity index (χ1n) is 5.88. The lowest BCUT2D eigenvalue weighted by Gasteiger charge is -2.11. The highest BCUT2D eigenvalue weighted by molar-refractivity contribution is 6.32. The fourth-order valence-electron chi connectivity index (χ4n) is 1.36. The Labute approximate surface area is 112 Å². The van der Waals surface area contributed by atoms with Crippen molar-refractivity contribution >= 4 is 29.1 Å². The Bertz CT molecular complexity index is 433. The summed E-state index contributed by atoms with van der Waals surface area (Å²) in [7, 11) is 0. The number of benzene rings is 1. The molecule has 0 aliphatic heterocycles. The third kappa shape index (κ3) is 4.04. The smallest absolute Gasteiger partial charge is 0.253 e. The van der Waals surface area contributed by atoms with E-state index in [4.69, 9.17) is 11.6 Å². The molecule has 0 bridgehead atoms. The molecule has 0 saturated carbocycles. The molecule has 1 rings (SSSR count). The maximum atomic E-state index is 11.9. The summed E-state index contributed by atoms with van der Waals surface area (Å²) in [6.45, 7) is 4.16. The lowest BCUT2D eigenvalue weighted by atomic mass is 10.1. The van der Waals surface area contributed by atoms with Crippen LogP contribution in [-0.2, 0) is 4.79 Å². The quantitative estimate of drug-likeness (QED) is 0.806. The zero-order valence-corrected chi connectivity index (χ0v) is 11.3. The highest BCUT2D eigenvalue weighted by atomic mass is 35.5. The molecule has 1 aromatic rings. The molecule has 4 nitrogen and oxygen atoms in total. The van der Waals surface area contributed by atoms with E-state index in [0.717, 1.165) is 6.42 Å². The number of hydrogen-bond acceptors (Lipinski definition) is 2. The molecule has 0 aromatic heterocycles. The fourth-order valence-corrected chi connectivity index (χ4v) is 1.41. The molecule has 1 aromatic carbocycles. The summed E-state index contributed by atoms with van der Waals surface area (Å²) in [6, 6.07) is 6.85. The lowest BCUT2D eigenvalue weighted by Crippen LogP contribution is -2.27. The van der Waals surface area contributed by atoms with Gasteiger partial charge in [0.05, 0.1) is 11.3 Å². The second-order valence-corrected chi connectivity index (χ2v) is 4.56. The minimum Gasteiger partial charge on any atom is -0.352 e. The van der Waals surface area contributed by atoms with E-state index in [-0.39, 0.29) is 11.8 Å². The Morgan fingerprint density at radius 2 is 2.00 bits per heavy atom. The molecular formula is C13H17ClN2O2. The Balaban J connectivity index is 2.85. The van der Waals surface area contributed by atoms with Crippen molar-refractivity contribution in [3.63, 3.8) is 0 Å². The SMILES string of the molecule is CCCNC(=O)c1ccccc1NC(=O)[C@@H](C)Cl. The van der Waals surface area contributed by atoms with Crippen molar-refractivity contribution in [3.8, 4) is 0 Å². The Kier molecular flexibility index (Phi) is 5.65. The van der Waals surface area contributed by atoms with E-state index < -0.39 is 5.38 Å². The number of carbonyl (C=O) groups excluding carboxylic acids is 2. The Morgan fingerprint density at radius 1 is 1.33 bits per heavy atom. The number of para-hydroxylation sites is 1. The first-order valence-corrected chi connectivity index (χ1v) is 6.32. The largest absolute Gasteiger partial charge is 0.352 e. The number of halogens is 1. The van der Waals surface area contributed by atoms with Crippen molar-refractivity contribution < 1.29 is 9.59 Å². The molecule has 0 unspecified atom stereocenters. The highest BCUT2D eigenvalue weighted by Gasteiger charge is 2.14. The van der Waals surface area contributed by atoms with Crippen LogP contribution in [0.5, 0.6) is 0 Å². The zero-order valence-electron chi connectivity index (χ0n) is 10.5. The third-order valence-corrected chi connectivity index (χ3v) is 2.52. The standard InChI is InChI=1S/C13H17ClN2O2/c1-3-8-15-13(18)10-6-4-5-7-11(10)16-12(17)9(2)14/h4-7,9H,3,8H2,1-2H3,(H,15,18)(H,16,17)/t9-/m1/s1. The summed E-state index contributed by atoms with van der Waals surface area (Å²) in [4.78, 5) is 23.4. The topological polar surface area (TPSA) is 58.2 Å². The summed E-state index contributed by atoms with van der Waals surface area (Å²) >= 11 is 5.68. The molecular weight excluding hydrogens is 252 g/mol. The van der Waals surface area contributed by atoms with Gasteiger partial charge in [-0.15, -0.1) is 11.6 Å². The lowest BCUT2D eigenvalue weighted by molar-refractivity contribution is -0.115. The van der Waals surface area contributed by atoms with Gasteiger partial charge in [-0.2, -0.15) is 0 Å². The van der Waals surface area contributed by atoms with Crippen LogP contribution in [0.3, 0.4) is 0 Å². The van der Waals surface area contributed by atoms with E-state index in [1.807, 2.05) is 6.92 Å². The molecule has 98 valence electrons. The minimum absolute atomic E-state index is 0.199. The van der Waals surface area contributed by atoms with Crippen LogP contribution in [0, 0.1) is 0 Å². The van der Waals surface area contributed by atoms with Crippen LogP contribution < -0.4 is 10.6 Å². The molecule has 0 aliphatic rings. The second-order valence-electron chi connectivity index (χ2n) is 3.91. The van der Waals surface area contributed by atoms with Gasteiger partial charge in [-0.1, -0.05) is 19.1 Å². The van der Waals surface area contributed by atoms with Crippen LogP contribution in [0.4, 0.5) is 5.69 Å². The van der Waals surface area contributed by atoms with Crippen molar-refractivity contribution in [2.24, 2.45) is 0 Å². The Hall–Kier alpha value is -1.55. The fraction of sp³-hybridized carbons (Fsp3) is 0.385. The average molecular weight is 269 g/mol. The summed E-state index contributed by atoms with van der Waals surface area (Å²) in [5.41, 5.74) is 0.917. The number of anilines is 1. The molecule has 0 heterocycles. The third-order valence-electron chi connectivity index (χ3n) is 2.33. The van der Waals surface area contributed by atoms with Crippen molar-refractivity contribution in [2.75, 3.05) is 11.9 Å². The number of nitrogens with one attached hydrogen (secondary N) is 2. The Morgan fingerprint density at radius 3 is 2.61 bits per heavy atom. The summed E-state index contributed by atoms with van der Waals surface area (Å²) < 4.78 is 0. The second kappa shape index (κ2) is 7.01. The number of hydrogen-bond donors (Lipinski definition) is 2. The van der Waals surface area contributed by atoms with Crippen molar-refractivity contribution in [2.45, 2.75) is 25.6 Å². The van der Waals surface area contributed by atoms with Gasteiger partial charge in [-0.25, -0.2) is 0 Å². The predicted octanol–water partition coefficient (Wildman–Crippen LogP) is 2.39. The first-order chi connectivity index (χ1) is 8.56. The van der Waals surface area contributed by atoms with Gasteiger partial charge in [-0.3, -0.25) is 9.59 Å². The highest BCUT2D eigenvalue weighted by Crippen LogP contribution is 2.15. The molecule has 0 aliphatic carbocycles. The van der Waals surface area contributed by atoms with E-state index >= 15 is 0 Å². The maximum Gasteiger partial charge on any atom is 0.253 e. The van der Waals surface area contributed by atoms with Gasteiger partial charge >= 0.3 is 0 Å². The van der Waals surface area contributed by atoms with Crippen LogP contribution >= 0.6 is 11.6 Å². The number of rotatable bonds is 5. The van der Waals surface area contributed by atoms with Crippen molar-refractivity contribution in [1.82, 2.24) is 5.32 Å². The van der Waals surface area contributed by atoms with E-state index in [0.29, 0.717) is 17.8 Å². The average Bonchev–Trinajstić information content (AvgIpc) is 2.36. The maximum absolute atomic E-state index is 11.9. The molecule has 1 atom stereocenters. The van der Waals surface area contributed by atoms with Crippen molar-refractivity contribution in [3.05, 3.63) is 29.8 Å². The van der Waals surface area contributed by atoms with Gasteiger partial charge in [0.25, 0.3) is 5.91 Å². The molecule has 0 spiro atoms. The summed E-state index contributed by atoms with van der Waals surface area (Å²) in [5.74, 6) is -0.526. The van der Waals surface area contributed by atoms with Gasteiger partial charge in [0.1, 0.15) is 5.38 Å². The van der Waals surface area contributed by atoms with Crippen LogP contribution in [-0.4, -0.2) is 23.7 Å². The van der Waals surface area contributed by atoms with Crippen LogP contribution in [0.15, 0.2) is 24.3 Å². The number of alkyl halides is 1. The monoisotopic (exact) mass is 268 g/mol. The molecule has 2 amide bonds. The summed E-state index contributed by atoms with van der Waals surface area (Å²) in [5, 5.41) is 4.76. The molecule has 5 heteroatoms. The summed E-state index contributed by atoms with van der Waals surface area (Å²) in [6.07, 6.45) is 0.860. The molecule has 18 heavy (non-hydrogen) atoms. The van der Waals surface area contributed by atoms with Gasteiger partial charge < -0.3 is 10.6 Å². The molecule has 0 saturated heterocycles. The van der Waals surface area contributed by atoms with Crippen LogP contribution in [0.2, 0.25) is 0 Å². The van der Waals surface area contributed by atoms with Crippen molar-refractivity contribution in [1.29, 1.82) is 0 Å². The van der Waals surface area contributed by atoms with E-state index in [1.165, 1.54) is 0 Å². The molecule has 2 N–H and O–H groups in total.